The number of aromatic nitrogens is 1. The van der Waals surface area contributed by atoms with Gasteiger partial charge in [0, 0.05) is 12.2 Å². The highest BCUT2D eigenvalue weighted by molar-refractivity contribution is 5.48. The minimum absolute atomic E-state index is 0.533. The number of pyridine rings is 1. The molecule has 0 saturated carbocycles. The summed E-state index contributed by atoms with van der Waals surface area (Å²) in [4.78, 5) is 4.47. The standard InChI is InChI=1S/C17H19N3O/c1-4-15-17(7-5-12(2)20-15)21-16-8-6-13(11-19-3)9-14(16)10-18/h5-9,19H,4,11H2,1-3H3. The Bertz CT molecular complexity index is 674. The minimum atomic E-state index is 0.533. The lowest BCUT2D eigenvalue weighted by Crippen LogP contribution is -2.05. The summed E-state index contributed by atoms with van der Waals surface area (Å²) in [5.74, 6) is 1.28. The van der Waals surface area contributed by atoms with Crippen LogP contribution in [0.15, 0.2) is 30.3 Å². The Labute approximate surface area is 125 Å². The van der Waals surface area contributed by atoms with Crippen LogP contribution in [-0.2, 0) is 13.0 Å². The third-order valence-corrected chi connectivity index (χ3v) is 3.17. The van der Waals surface area contributed by atoms with E-state index in [0.29, 0.717) is 17.1 Å². The number of nitrogens with zero attached hydrogens (tertiary/aromatic N) is 2. The summed E-state index contributed by atoms with van der Waals surface area (Å²) in [5, 5.41) is 12.4. The first-order valence-electron chi connectivity index (χ1n) is 7.00. The van der Waals surface area contributed by atoms with Crippen molar-refractivity contribution in [3.8, 4) is 17.6 Å². The van der Waals surface area contributed by atoms with Gasteiger partial charge in [-0.15, -0.1) is 0 Å². The van der Waals surface area contributed by atoms with Crippen molar-refractivity contribution in [3.05, 3.63) is 52.8 Å². The molecule has 108 valence electrons. The summed E-state index contributed by atoms with van der Waals surface area (Å²) in [7, 11) is 1.88. The van der Waals surface area contributed by atoms with E-state index >= 15 is 0 Å². The molecule has 0 bridgehead atoms. The van der Waals surface area contributed by atoms with Crippen LogP contribution in [0.1, 0.15) is 29.4 Å². The number of nitrogens with one attached hydrogen (secondary N) is 1. The molecular formula is C17H19N3O. The Kier molecular flexibility index (Phi) is 4.91. The molecule has 4 nitrogen and oxygen atoms in total. The summed E-state index contributed by atoms with van der Waals surface area (Å²) >= 11 is 0. The van der Waals surface area contributed by atoms with Crippen molar-refractivity contribution in [3.63, 3.8) is 0 Å². The maximum atomic E-state index is 9.29. The van der Waals surface area contributed by atoms with E-state index in [2.05, 4.69) is 16.4 Å². The Morgan fingerprint density at radius 1 is 1.24 bits per heavy atom. The Morgan fingerprint density at radius 2 is 2.00 bits per heavy atom. The number of hydrogen-bond acceptors (Lipinski definition) is 4. The smallest absolute Gasteiger partial charge is 0.148 e. The van der Waals surface area contributed by atoms with Gasteiger partial charge in [-0.3, -0.25) is 4.98 Å². The second-order valence-corrected chi connectivity index (χ2v) is 4.83. The Morgan fingerprint density at radius 3 is 2.67 bits per heavy atom. The molecule has 0 aliphatic rings. The van der Waals surface area contributed by atoms with Crippen LogP contribution in [0.4, 0.5) is 0 Å². The predicted octanol–water partition coefficient (Wildman–Crippen LogP) is 3.34. The normalized spacial score (nSPS) is 10.2. The molecule has 0 atom stereocenters. The molecule has 4 heteroatoms. The fraction of sp³-hybridized carbons (Fsp3) is 0.294. The summed E-state index contributed by atoms with van der Waals surface area (Å²) in [6, 6.07) is 11.7. The van der Waals surface area contributed by atoms with Gasteiger partial charge in [0.05, 0.1) is 11.3 Å². The third kappa shape index (κ3) is 3.59. The lowest BCUT2D eigenvalue weighted by Gasteiger charge is -2.12. The Balaban J connectivity index is 2.33. The average molecular weight is 281 g/mol. The van der Waals surface area contributed by atoms with Gasteiger partial charge in [-0.05, 0) is 50.2 Å². The van der Waals surface area contributed by atoms with Gasteiger partial charge in [0.25, 0.3) is 0 Å². The minimum Gasteiger partial charge on any atom is -0.454 e. The highest BCUT2D eigenvalue weighted by Gasteiger charge is 2.10. The van der Waals surface area contributed by atoms with Crippen molar-refractivity contribution in [2.45, 2.75) is 26.8 Å². The number of ether oxygens (including phenoxy) is 1. The largest absolute Gasteiger partial charge is 0.454 e. The topological polar surface area (TPSA) is 57.9 Å². The van der Waals surface area contributed by atoms with Gasteiger partial charge in [0.1, 0.15) is 17.6 Å². The van der Waals surface area contributed by atoms with Crippen LogP contribution in [0, 0.1) is 18.3 Å². The van der Waals surface area contributed by atoms with Crippen LogP contribution in [0.25, 0.3) is 0 Å². The van der Waals surface area contributed by atoms with Crippen molar-refractivity contribution in [1.29, 1.82) is 5.26 Å². The highest BCUT2D eigenvalue weighted by Crippen LogP contribution is 2.28. The van der Waals surface area contributed by atoms with E-state index in [-0.39, 0.29) is 0 Å². The van der Waals surface area contributed by atoms with E-state index in [1.807, 2.05) is 51.2 Å². The third-order valence-electron chi connectivity index (χ3n) is 3.17. The average Bonchev–Trinajstić information content (AvgIpc) is 2.50. The first-order chi connectivity index (χ1) is 10.2. The van der Waals surface area contributed by atoms with Gasteiger partial charge >= 0.3 is 0 Å². The second kappa shape index (κ2) is 6.87. The maximum Gasteiger partial charge on any atom is 0.148 e. The number of aryl methyl sites for hydroxylation is 2. The van der Waals surface area contributed by atoms with E-state index in [0.717, 1.165) is 29.9 Å². The first-order valence-corrected chi connectivity index (χ1v) is 7.00. The SMILES string of the molecule is CCc1nc(C)ccc1Oc1ccc(CNC)cc1C#N. The van der Waals surface area contributed by atoms with Crippen molar-refractivity contribution in [2.75, 3.05) is 7.05 Å². The molecule has 0 aliphatic carbocycles. The van der Waals surface area contributed by atoms with E-state index < -0.39 is 0 Å². The maximum absolute atomic E-state index is 9.29. The number of rotatable bonds is 5. The molecule has 0 fully saturated rings. The van der Waals surface area contributed by atoms with Crippen molar-refractivity contribution in [1.82, 2.24) is 10.3 Å². The predicted molar refractivity (Wildman–Crippen MR) is 82.3 cm³/mol. The first kappa shape index (κ1) is 15.0. The summed E-state index contributed by atoms with van der Waals surface area (Å²) < 4.78 is 5.91. The quantitative estimate of drug-likeness (QED) is 0.913. The molecule has 0 aliphatic heterocycles. The zero-order valence-electron chi connectivity index (χ0n) is 12.6. The molecule has 21 heavy (non-hydrogen) atoms. The van der Waals surface area contributed by atoms with Crippen molar-refractivity contribution >= 4 is 0 Å². The molecular weight excluding hydrogens is 262 g/mol. The Hall–Kier alpha value is -2.38. The van der Waals surface area contributed by atoms with Gasteiger partial charge in [0.2, 0.25) is 0 Å². The van der Waals surface area contributed by atoms with E-state index in [1.54, 1.807) is 0 Å². The molecule has 0 saturated heterocycles. The van der Waals surface area contributed by atoms with Crippen molar-refractivity contribution < 1.29 is 4.74 Å². The monoisotopic (exact) mass is 281 g/mol. The van der Waals surface area contributed by atoms with E-state index in [4.69, 9.17) is 4.74 Å². The van der Waals surface area contributed by atoms with Crippen LogP contribution in [0.3, 0.4) is 0 Å². The molecule has 1 aromatic heterocycles. The molecule has 0 unspecified atom stereocenters. The molecule has 0 spiro atoms. The van der Waals surface area contributed by atoms with Crippen LogP contribution in [-0.4, -0.2) is 12.0 Å². The molecule has 0 radical (unpaired) electrons. The molecule has 1 heterocycles. The zero-order chi connectivity index (χ0) is 15.2. The second-order valence-electron chi connectivity index (χ2n) is 4.83. The summed E-state index contributed by atoms with van der Waals surface area (Å²) in [5.41, 5.74) is 3.45. The number of nitriles is 1. The van der Waals surface area contributed by atoms with Crippen LogP contribution in [0.2, 0.25) is 0 Å². The fourth-order valence-corrected chi connectivity index (χ4v) is 2.13. The van der Waals surface area contributed by atoms with Crippen LogP contribution >= 0.6 is 0 Å². The molecule has 1 N–H and O–H groups in total. The van der Waals surface area contributed by atoms with Crippen molar-refractivity contribution in [2.24, 2.45) is 0 Å². The lowest BCUT2D eigenvalue weighted by atomic mass is 10.1. The van der Waals surface area contributed by atoms with Crippen LogP contribution in [0.5, 0.6) is 11.5 Å². The van der Waals surface area contributed by atoms with E-state index in [1.165, 1.54) is 0 Å². The summed E-state index contributed by atoms with van der Waals surface area (Å²) in [6.07, 6.45) is 0.788. The van der Waals surface area contributed by atoms with Gasteiger partial charge < -0.3 is 10.1 Å². The fourth-order valence-electron chi connectivity index (χ4n) is 2.13. The van der Waals surface area contributed by atoms with Gasteiger partial charge in [-0.2, -0.15) is 5.26 Å². The van der Waals surface area contributed by atoms with Gasteiger partial charge in [0.15, 0.2) is 0 Å². The number of benzene rings is 1. The lowest BCUT2D eigenvalue weighted by molar-refractivity contribution is 0.471. The molecule has 1 aromatic carbocycles. The number of hydrogen-bond donors (Lipinski definition) is 1. The van der Waals surface area contributed by atoms with E-state index in [9.17, 15) is 5.26 Å². The van der Waals surface area contributed by atoms with Gasteiger partial charge in [-0.25, -0.2) is 0 Å². The molecule has 0 amide bonds. The van der Waals surface area contributed by atoms with Crippen LogP contribution < -0.4 is 10.1 Å². The highest BCUT2D eigenvalue weighted by atomic mass is 16.5. The molecule has 2 rings (SSSR count). The molecule has 2 aromatic rings. The van der Waals surface area contributed by atoms with Gasteiger partial charge in [-0.1, -0.05) is 13.0 Å². The summed E-state index contributed by atoms with van der Waals surface area (Å²) in [6.45, 7) is 4.72. The zero-order valence-corrected chi connectivity index (χ0v) is 12.6.